The van der Waals surface area contributed by atoms with Gasteiger partial charge in [-0.05, 0) is 37.3 Å². The molecule has 0 atom stereocenters. The van der Waals surface area contributed by atoms with Gasteiger partial charge in [-0.15, -0.1) is 0 Å². The number of nitrogens with zero attached hydrogens (tertiary/aromatic N) is 1. The molecule has 1 heterocycles. The zero-order valence-electron chi connectivity index (χ0n) is 17.5. The molecule has 0 radical (unpaired) electrons. The van der Waals surface area contributed by atoms with E-state index in [-0.39, 0.29) is 33.9 Å². The van der Waals surface area contributed by atoms with Crippen molar-refractivity contribution in [3.63, 3.8) is 0 Å². The van der Waals surface area contributed by atoms with Crippen LogP contribution in [0.25, 0.3) is 6.08 Å². The lowest BCUT2D eigenvalue weighted by Gasteiger charge is -2.16. The van der Waals surface area contributed by atoms with Crippen LogP contribution in [-0.4, -0.2) is 36.5 Å². The van der Waals surface area contributed by atoms with E-state index >= 15 is 0 Å². The second-order valence-corrected chi connectivity index (χ2v) is 8.21. The minimum Gasteiger partial charge on any atom is -0.493 e. The number of halogens is 3. The van der Waals surface area contributed by atoms with Crippen LogP contribution >= 0.6 is 24.0 Å². The van der Waals surface area contributed by atoms with Crippen LogP contribution in [0.15, 0.2) is 47.4 Å². The molecule has 3 rings (SSSR count). The van der Waals surface area contributed by atoms with Crippen LogP contribution in [0.2, 0.25) is 0 Å². The molecule has 1 amide bonds. The van der Waals surface area contributed by atoms with E-state index in [2.05, 4.69) is 0 Å². The third-order valence-electron chi connectivity index (χ3n) is 4.38. The lowest BCUT2D eigenvalue weighted by atomic mass is 10.1. The second kappa shape index (κ2) is 10.3. The maximum absolute atomic E-state index is 13.1. The van der Waals surface area contributed by atoms with Crippen molar-refractivity contribution in [2.75, 3.05) is 25.2 Å². The first-order valence-corrected chi connectivity index (χ1v) is 10.8. The highest BCUT2D eigenvalue weighted by molar-refractivity contribution is 8.27. The quantitative estimate of drug-likeness (QED) is 0.301. The Hall–Kier alpha value is -3.05. The highest BCUT2D eigenvalue weighted by Crippen LogP contribution is 2.40. The standard InChI is InChI=1S/C22H18F3NO5S2/c1-3-30-18(27)12-31-19-13(6-4-9-16(19)29-2)10-17-20(28)26(21(32)33-17)15-8-5-7-14(11-15)22(23,24)25/h4-11H,3,12H2,1-2H3. The summed E-state index contributed by atoms with van der Waals surface area (Å²) in [4.78, 5) is 25.9. The predicted molar refractivity (Wildman–Crippen MR) is 122 cm³/mol. The molecular weight excluding hydrogens is 479 g/mol. The molecule has 0 saturated carbocycles. The molecule has 0 aromatic heterocycles. The van der Waals surface area contributed by atoms with Crippen LogP contribution in [0.1, 0.15) is 18.1 Å². The fourth-order valence-electron chi connectivity index (χ4n) is 2.95. The van der Waals surface area contributed by atoms with E-state index < -0.39 is 23.6 Å². The molecule has 0 spiro atoms. The highest BCUT2D eigenvalue weighted by atomic mass is 32.2. The smallest absolute Gasteiger partial charge is 0.416 e. The number of para-hydroxylation sites is 1. The number of hydrogen-bond donors (Lipinski definition) is 0. The van der Waals surface area contributed by atoms with Crippen molar-refractivity contribution in [1.29, 1.82) is 0 Å². The number of carbonyl (C=O) groups excluding carboxylic acids is 2. The van der Waals surface area contributed by atoms with Gasteiger partial charge in [-0.3, -0.25) is 9.69 Å². The summed E-state index contributed by atoms with van der Waals surface area (Å²) in [6, 6.07) is 9.29. The Labute approximate surface area is 197 Å². The van der Waals surface area contributed by atoms with Gasteiger partial charge < -0.3 is 14.2 Å². The SMILES string of the molecule is CCOC(=O)COc1c(C=C2SC(=S)N(c3cccc(C(F)(F)F)c3)C2=O)cccc1OC. The normalized spacial score (nSPS) is 15.2. The Balaban J connectivity index is 1.93. The van der Waals surface area contributed by atoms with Crippen LogP contribution < -0.4 is 14.4 Å². The minimum atomic E-state index is -4.56. The maximum Gasteiger partial charge on any atom is 0.416 e. The molecule has 6 nitrogen and oxygen atoms in total. The Kier molecular flexibility index (Phi) is 7.65. The Morgan fingerprint density at radius 3 is 2.61 bits per heavy atom. The molecule has 0 bridgehead atoms. The lowest BCUT2D eigenvalue weighted by molar-refractivity contribution is -0.145. The summed E-state index contributed by atoms with van der Waals surface area (Å²) in [5.74, 6) is -0.632. The van der Waals surface area contributed by atoms with Crippen LogP contribution in [0.4, 0.5) is 18.9 Å². The van der Waals surface area contributed by atoms with E-state index in [9.17, 15) is 22.8 Å². The monoisotopic (exact) mass is 497 g/mol. The van der Waals surface area contributed by atoms with Gasteiger partial charge in [0.1, 0.15) is 0 Å². The first-order valence-electron chi connectivity index (χ1n) is 9.56. The minimum absolute atomic E-state index is 0.0140. The molecule has 0 aliphatic carbocycles. The molecule has 2 aromatic rings. The second-order valence-electron chi connectivity index (χ2n) is 6.54. The van der Waals surface area contributed by atoms with Gasteiger partial charge in [-0.25, -0.2) is 4.79 Å². The summed E-state index contributed by atoms with van der Waals surface area (Å²) in [5.41, 5.74) is -0.455. The summed E-state index contributed by atoms with van der Waals surface area (Å²) < 4.78 is 55.1. The van der Waals surface area contributed by atoms with Gasteiger partial charge in [0.05, 0.1) is 29.9 Å². The number of esters is 1. The van der Waals surface area contributed by atoms with E-state index in [1.54, 1.807) is 25.1 Å². The Bertz CT molecular complexity index is 1120. The van der Waals surface area contributed by atoms with Gasteiger partial charge in [-0.1, -0.05) is 42.2 Å². The van der Waals surface area contributed by atoms with Crippen LogP contribution in [0.5, 0.6) is 11.5 Å². The zero-order valence-corrected chi connectivity index (χ0v) is 19.1. The number of anilines is 1. The third-order valence-corrected chi connectivity index (χ3v) is 5.68. The number of hydrogen-bond acceptors (Lipinski definition) is 7. The van der Waals surface area contributed by atoms with Crippen molar-refractivity contribution in [3.05, 3.63) is 58.5 Å². The summed E-state index contributed by atoms with van der Waals surface area (Å²) in [5, 5.41) is 0. The Morgan fingerprint density at radius 2 is 1.94 bits per heavy atom. The van der Waals surface area contributed by atoms with Gasteiger partial charge >= 0.3 is 12.1 Å². The average Bonchev–Trinajstić information content (AvgIpc) is 3.05. The van der Waals surface area contributed by atoms with Crippen molar-refractivity contribution in [2.45, 2.75) is 13.1 Å². The maximum atomic E-state index is 13.1. The van der Waals surface area contributed by atoms with Gasteiger partial charge in [0.25, 0.3) is 5.91 Å². The van der Waals surface area contributed by atoms with E-state index in [0.29, 0.717) is 11.3 Å². The van der Waals surface area contributed by atoms with Gasteiger partial charge in [0.15, 0.2) is 22.4 Å². The van der Waals surface area contributed by atoms with Crippen molar-refractivity contribution in [3.8, 4) is 11.5 Å². The van der Waals surface area contributed by atoms with Gasteiger partial charge in [0.2, 0.25) is 0 Å². The molecule has 33 heavy (non-hydrogen) atoms. The number of amides is 1. The van der Waals surface area contributed by atoms with E-state index in [1.807, 2.05) is 0 Å². The van der Waals surface area contributed by atoms with Crippen molar-refractivity contribution >= 4 is 51.9 Å². The van der Waals surface area contributed by atoms with Crippen molar-refractivity contribution in [1.82, 2.24) is 0 Å². The Morgan fingerprint density at radius 1 is 1.21 bits per heavy atom. The van der Waals surface area contributed by atoms with E-state index in [0.717, 1.165) is 28.8 Å². The number of carbonyl (C=O) groups is 2. The summed E-state index contributed by atoms with van der Waals surface area (Å²) >= 11 is 6.19. The molecule has 0 N–H and O–H groups in total. The fourth-order valence-corrected chi connectivity index (χ4v) is 4.24. The van der Waals surface area contributed by atoms with E-state index in [4.69, 9.17) is 26.4 Å². The number of ether oxygens (including phenoxy) is 3. The topological polar surface area (TPSA) is 65.1 Å². The van der Waals surface area contributed by atoms with Crippen molar-refractivity contribution < 1.29 is 37.0 Å². The lowest BCUT2D eigenvalue weighted by Crippen LogP contribution is -2.27. The van der Waals surface area contributed by atoms with Gasteiger partial charge in [0, 0.05) is 5.56 Å². The number of thioether (sulfide) groups is 1. The number of rotatable bonds is 7. The number of methoxy groups -OCH3 is 1. The molecule has 2 aromatic carbocycles. The first-order chi connectivity index (χ1) is 15.7. The summed E-state index contributed by atoms with van der Waals surface area (Å²) in [7, 11) is 1.42. The summed E-state index contributed by atoms with van der Waals surface area (Å²) in [6.45, 7) is 1.48. The molecule has 1 aliphatic rings. The summed E-state index contributed by atoms with van der Waals surface area (Å²) in [6.07, 6.45) is -3.08. The molecule has 1 saturated heterocycles. The highest BCUT2D eigenvalue weighted by Gasteiger charge is 2.36. The molecule has 0 unspecified atom stereocenters. The van der Waals surface area contributed by atoms with Crippen molar-refractivity contribution in [2.24, 2.45) is 0 Å². The third kappa shape index (κ3) is 5.66. The van der Waals surface area contributed by atoms with Crippen LogP contribution in [-0.2, 0) is 20.5 Å². The molecule has 1 fully saturated rings. The molecular formula is C22H18F3NO5S2. The largest absolute Gasteiger partial charge is 0.493 e. The molecule has 11 heteroatoms. The average molecular weight is 498 g/mol. The first kappa shape index (κ1) is 24.6. The number of benzene rings is 2. The molecule has 174 valence electrons. The number of alkyl halides is 3. The van der Waals surface area contributed by atoms with E-state index in [1.165, 1.54) is 25.3 Å². The molecule has 1 aliphatic heterocycles. The fraction of sp³-hybridized carbons (Fsp3) is 0.227. The predicted octanol–water partition coefficient (Wildman–Crippen LogP) is 5.06. The van der Waals surface area contributed by atoms with Gasteiger partial charge in [-0.2, -0.15) is 13.2 Å². The number of thiocarbonyl (C=S) groups is 1. The van der Waals surface area contributed by atoms with Crippen LogP contribution in [0.3, 0.4) is 0 Å². The zero-order chi connectivity index (χ0) is 24.2. The van der Waals surface area contributed by atoms with Crippen LogP contribution in [0, 0.1) is 0 Å².